The van der Waals surface area contributed by atoms with Crippen molar-refractivity contribution >= 4 is 11.7 Å². The highest BCUT2D eigenvalue weighted by molar-refractivity contribution is 5.79. The average Bonchev–Trinajstić information content (AvgIpc) is 2.37. The summed E-state index contributed by atoms with van der Waals surface area (Å²) in [7, 11) is 3.18. The van der Waals surface area contributed by atoms with Crippen LogP contribution in [0.3, 0.4) is 0 Å². The summed E-state index contributed by atoms with van der Waals surface area (Å²) in [6.07, 6.45) is -1.30. The second kappa shape index (κ2) is 4.63. The van der Waals surface area contributed by atoms with E-state index in [0.717, 1.165) is 12.2 Å². The van der Waals surface area contributed by atoms with E-state index in [1.165, 1.54) is 7.11 Å². The molecule has 0 radical (unpaired) electrons. The molecule has 0 saturated heterocycles. The molecule has 1 aliphatic rings. The zero-order valence-corrected chi connectivity index (χ0v) is 9.84. The molecule has 0 fully saturated rings. The predicted molar refractivity (Wildman–Crippen MR) is 62.2 cm³/mol. The number of aliphatic hydroxyl groups is 1. The lowest BCUT2D eigenvalue weighted by atomic mass is 10.1. The number of aliphatic hydroxyl groups excluding tert-OH is 1. The fourth-order valence-electron chi connectivity index (χ4n) is 1.86. The van der Waals surface area contributed by atoms with Crippen LogP contribution in [0.2, 0.25) is 0 Å². The van der Waals surface area contributed by atoms with Gasteiger partial charge in [0.15, 0.2) is 6.10 Å². The zero-order chi connectivity index (χ0) is 12.4. The van der Waals surface area contributed by atoms with Gasteiger partial charge in [0, 0.05) is 12.6 Å². The number of fused-ring (bicyclic) bond motifs is 1. The summed E-state index contributed by atoms with van der Waals surface area (Å²) >= 11 is 0. The highest BCUT2D eigenvalue weighted by Gasteiger charge is 2.26. The molecule has 17 heavy (non-hydrogen) atoms. The Kier molecular flexibility index (Phi) is 3.19. The van der Waals surface area contributed by atoms with Gasteiger partial charge in [-0.2, -0.15) is 0 Å². The van der Waals surface area contributed by atoms with Crippen LogP contribution in [0.25, 0.3) is 0 Å². The number of ether oxygens (including phenoxy) is 2. The van der Waals surface area contributed by atoms with E-state index >= 15 is 0 Å². The Morgan fingerprint density at radius 3 is 3.06 bits per heavy atom. The van der Waals surface area contributed by atoms with Crippen LogP contribution in [0, 0.1) is 0 Å². The predicted octanol–water partition coefficient (Wildman–Crippen LogP) is 0.722. The van der Waals surface area contributed by atoms with Crippen molar-refractivity contribution in [1.82, 2.24) is 0 Å². The molecule has 1 atom stereocenters. The van der Waals surface area contributed by atoms with E-state index in [1.807, 2.05) is 18.0 Å². The summed E-state index contributed by atoms with van der Waals surface area (Å²) in [4.78, 5) is 13.4. The van der Waals surface area contributed by atoms with E-state index in [-0.39, 0.29) is 0 Å². The van der Waals surface area contributed by atoms with Gasteiger partial charge in [-0.05, 0) is 6.07 Å². The number of carbonyl (C=O) groups excluding carboxylic acids is 1. The van der Waals surface area contributed by atoms with Crippen LogP contribution in [0.1, 0.15) is 11.7 Å². The third kappa shape index (κ3) is 2.06. The first-order valence-electron chi connectivity index (χ1n) is 5.38. The Balaban J connectivity index is 2.42. The van der Waals surface area contributed by atoms with Gasteiger partial charge in [-0.3, -0.25) is 0 Å². The van der Waals surface area contributed by atoms with Gasteiger partial charge in [-0.25, -0.2) is 4.79 Å². The summed E-state index contributed by atoms with van der Waals surface area (Å²) in [5.41, 5.74) is 1.32. The molecule has 0 aliphatic carbocycles. The van der Waals surface area contributed by atoms with Gasteiger partial charge in [-0.1, -0.05) is 12.1 Å². The molecule has 0 amide bonds. The van der Waals surface area contributed by atoms with E-state index in [9.17, 15) is 9.90 Å². The molecule has 1 aromatic rings. The van der Waals surface area contributed by atoms with E-state index in [2.05, 4.69) is 4.74 Å². The standard InChI is InChI=1S/C12H15NO4/c1-13-6-7-17-11-8(4-3-5-9(11)13)10(14)12(15)16-2/h3-5,10,14H,6-7H2,1-2H3. The number of hydrogen-bond donors (Lipinski definition) is 1. The second-order valence-electron chi connectivity index (χ2n) is 3.89. The Hall–Kier alpha value is -1.75. The van der Waals surface area contributed by atoms with Crippen LogP contribution in [-0.4, -0.2) is 38.4 Å². The monoisotopic (exact) mass is 237 g/mol. The van der Waals surface area contributed by atoms with E-state index < -0.39 is 12.1 Å². The normalized spacial score (nSPS) is 15.8. The number of esters is 1. The van der Waals surface area contributed by atoms with Gasteiger partial charge in [0.1, 0.15) is 12.4 Å². The molecule has 0 aromatic heterocycles. The minimum absolute atomic E-state index is 0.445. The fourth-order valence-corrected chi connectivity index (χ4v) is 1.86. The Labute approximate surface area is 99.6 Å². The third-order valence-electron chi connectivity index (χ3n) is 2.83. The smallest absolute Gasteiger partial charge is 0.339 e. The van der Waals surface area contributed by atoms with Gasteiger partial charge in [-0.15, -0.1) is 0 Å². The Bertz CT molecular complexity index is 433. The molecule has 1 unspecified atom stereocenters. The Morgan fingerprint density at radius 2 is 2.35 bits per heavy atom. The number of para-hydroxylation sites is 1. The maximum atomic E-state index is 11.3. The number of nitrogens with zero attached hydrogens (tertiary/aromatic N) is 1. The summed E-state index contributed by atoms with van der Waals surface area (Å²) in [6.45, 7) is 1.32. The van der Waals surface area contributed by atoms with Crippen LogP contribution in [-0.2, 0) is 9.53 Å². The van der Waals surface area contributed by atoms with Gasteiger partial charge < -0.3 is 19.5 Å². The van der Waals surface area contributed by atoms with Gasteiger partial charge in [0.05, 0.1) is 19.3 Å². The summed E-state index contributed by atoms with van der Waals surface area (Å²) < 4.78 is 10.1. The highest BCUT2D eigenvalue weighted by Crippen LogP contribution is 2.37. The summed E-state index contributed by atoms with van der Waals surface area (Å²) in [5.74, 6) is -0.130. The lowest BCUT2D eigenvalue weighted by Gasteiger charge is -2.29. The van der Waals surface area contributed by atoms with Gasteiger partial charge in [0.2, 0.25) is 0 Å². The number of rotatable bonds is 2. The minimum Gasteiger partial charge on any atom is -0.489 e. The molecule has 92 valence electrons. The molecule has 0 spiro atoms. The van der Waals surface area contributed by atoms with E-state index in [4.69, 9.17) is 4.74 Å². The first-order chi connectivity index (χ1) is 8.15. The third-order valence-corrected chi connectivity index (χ3v) is 2.83. The molecule has 1 aromatic carbocycles. The van der Waals surface area contributed by atoms with Crippen LogP contribution in [0.4, 0.5) is 5.69 Å². The number of carbonyl (C=O) groups is 1. The van der Waals surface area contributed by atoms with Crippen molar-refractivity contribution in [2.24, 2.45) is 0 Å². The first-order valence-corrected chi connectivity index (χ1v) is 5.38. The SMILES string of the molecule is COC(=O)C(O)c1cccc2c1OCCN2C. The minimum atomic E-state index is -1.30. The van der Waals surface area contributed by atoms with Gasteiger partial charge >= 0.3 is 5.97 Å². The lowest BCUT2D eigenvalue weighted by Crippen LogP contribution is -2.30. The summed E-state index contributed by atoms with van der Waals surface area (Å²) in [6, 6.07) is 5.34. The van der Waals surface area contributed by atoms with Crippen molar-refractivity contribution in [3.05, 3.63) is 23.8 Å². The fraction of sp³-hybridized carbons (Fsp3) is 0.417. The van der Waals surface area contributed by atoms with Crippen molar-refractivity contribution in [3.63, 3.8) is 0 Å². The van der Waals surface area contributed by atoms with E-state index in [1.54, 1.807) is 12.1 Å². The summed E-state index contributed by atoms with van der Waals surface area (Å²) in [5, 5.41) is 9.86. The molecular weight excluding hydrogens is 222 g/mol. The number of likely N-dealkylation sites (N-methyl/N-ethyl adjacent to an activating group) is 1. The molecule has 1 N–H and O–H groups in total. The largest absolute Gasteiger partial charge is 0.489 e. The van der Waals surface area contributed by atoms with Crippen LogP contribution in [0.5, 0.6) is 5.75 Å². The second-order valence-corrected chi connectivity index (χ2v) is 3.89. The zero-order valence-electron chi connectivity index (χ0n) is 9.84. The molecule has 5 nitrogen and oxygen atoms in total. The van der Waals surface area contributed by atoms with Gasteiger partial charge in [0.25, 0.3) is 0 Å². The van der Waals surface area contributed by atoms with Crippen molar-refractivity contribution in [3.8, 4) is 5.75 Å². The van der Waals surface area contributed by atoms with Crippen molar-refractivity contribution < 1.29 is 19.4 Å². The lowest BCUT2D eigenvalue weighted by molar-refractivity contribution is -0.150. The number of hydrogen-bond acceptors (Lipinski definition) is 5. The molecule has 1 heterocycles. The van der Waals surface area contributed by atoms with E-state index in [0.29, 0.717) is 17.9 Å². The molecular formula is C12H15NO4. The molecule has 2 rings (SSSR count). The van der Waals surface area contributed by atoms with Crippen molar-refractivity contribution in [2.75, 3.05) is 32.2 Å². The topological polar surface area (TPSA) is 59.0 Å². The molecule has 1 aliphatic heterocycles. The maximum absolute atomic E-state index is 11.3. The Morgan fingerprint density at radius 1 is 1.59 bits per heavy atom. The molecule has 5 heteroatoms. The van der Waals surface area contributed by atoms with Crippen LogP contribution in [0.15, 0.2) is 18.2 Å². The molecule has 0 saturated carbocycles. The molecule has 0 bridgehead atoms. The quantitative estimate of drug-likeness (QED) is 0.768. The number of methoxy groups -OCH3 is 1. The van der Waals surface area contributed by atoms with Crippen LogP contribution < -0.4 is 9.64 Å². The van der Waals surface area contributed by atoms with Crippen LogP contribution >= 0.6 is 0 Å². The maximum Gasteiger partial charge on any atom is 0.339 e. The number of anilines is 1. The average molecular weight is 237 g/mol. The first kappa shape index (κ1) is 11.7. The number of benzene rings is 1. The highest BCUT2D eigenvalue weighted by atomic mass is 16.5. The van der Waals surface area contributed by atoms with Crippen molar-refractivity contribution in [1.29, 1.82) is 0 Å². The van der Waals surface area contributed by atoms with Crippen molar-refractivity contribution in [2.45, 2.75) is 6.10 Å².